The lowest BCUT2D eigenvalue weighted by Gasteiger charge is -2.21. The highest BCUT2D eigenvalue weighted by atomic mass is 16.5. The molecule has 0 bridgehead atoms. The van der Waals surface area contributed by atoms with Crippen molar-refractivity contribution in [3.8, 4) is 22.6 Å². The third kappa shape index (κ3) is 4.06. The van der Waals surface area contributed by atoms with E-state index < -0.39 is 0 Å². The Kier molecular flexibility index (Phi) is 5.54. The molecule has 1 aromatic heterocycles. The Morgan fingerprint density at radius 1 is 1.13 bits per heavy atom. The second-order valence-electron chi connectivity index (χ2n) is 7.35. The standard InChI is InChI=1S/C23H26N6O/c1-27-23-21(22(25)26)19(13-20(28-23)29-12-11-16(24)14-29)15-7-9-18(10-8-15)30-17-5-3-2-4-6-17/h2-10,13,16H,11-12,14,24H2,1H3,(H3,25,26)(H,27,28). The van der Waals surface area contributed by atoms with Crippen LogP contribution >= 0.6 is 0 Å². The predicted molar refractivity (Wildman–Crippen MR) is 122 cm³/mol. The van der Waals surface area contributed by atoms with E-state index >= 15 is 0 Å². The number of nitrogen functional groups attached to an aromatic ring is 1. The fraction of sp³-hybridized carbons (Fsp3) is 0.217. The molecule has 1 saturated heterocycles. The normalized spacial score (nSPS) is 15.8. The first kappa shape index (κ1) is 19.7. The third-order valence-corrected chi connectivity index (χ3v) is 5.20. The SMILES string of the molecule is CNc1nc(N2CCC(N)C2)cc(-c2ccc(Oc3ccccc3)cc2)c1C(=N)N. The van der Waals surface area contributed by atoms with Crippen LogP contribution in [0.2, 0.25) is 0 Å². The van der Waals surface area contributed by atoms with Gasteiger partial charge in [0.15, 0.2) is 0 Å². The van der Waals surface area contributed by atoms with Crippen LogP contribution < -0.4 is 26.4 Å². The molecular weight excluding hydrogens is 376 g/mol. The molecule has 154 valence electrons. The Morgan fingerprint density at radius 3 is 2.43 bits per heavy atom. The number of rotatable bonds is 6. The van der Waals surface area contributed by atoms with Crippen LogP contribution in [0.25, 0.3) is 11.1 Å². The second-order valence-corrected chi connectivity index (χ2v) is 7.35. The summed E-state index contributed by atoms with van der Waals surface area (Å²) in [6.07, 6.45) is 0.936. The average Bonchev–Trinajstić information content (AvgIpc) is 3.20. The Hall–Kier alpha value is -3.58. The number of nitrogens with one attached hydrogen (secondary N) is 2. The monoisotopic (exact) mass is 402 g/mol. The quantitative estimate of drug-likeness (QED) is 0.371. The summed E-state index contributed by atoms with van der Waals surface area (Å²) in [5.41, 5.74) is 14.4. The first-order valence-corrected chi connectivity index (χ1v) is 9.96. The van der Waals surface area contributed by atoms with Crippen molar-refractivity contribution in [3.05, 3.63) is 66.2 Å². The Balaban J connectivity index is 1.71. The van der Waals surface area contributed by atoms with Crippen LogP contribution in [0.5, 0.6) is 11.5 Å². The van der Waals surface area contributed by atoms with Gasteiger partial charge in [0, 0.05) is 26.2 Å². The largest absolute Gasteiger partial charge is 0.457 e. The van der Waals surface area contributed by atoms with Crippen molar-refractivity contribution in [1.82, 2.24) is 4.98 Å². The van der Waals surface area contributed by atoms with Gasteiger partial charge in [0.1, 0.15) is 29.0 Å². The lowest BCUT2D eigenvalue weighted by atomic mass is 9.99. The van der Waals surface area contributed by atoms with E-state index in [-0.39, 0.29) is 11.9 Å². The topological polar surface area (TPSA) is 113 Å². The number of benzene rings is 2. The van der Waals surface area contributed by atoms with E-state index in [1.165, 1.54) is 0 Å². The molecule has 0 saturated carbocycles. The van der Waals surface area contributed by atoms with Gasteiger partial charge in [-0.3, -0.25) is 5.41 Å². The maximum absolute atomic E-state index is 8.11. The van der Waals surface area contributed by atoms with E-state index in [2.05, 4.69) is 10.2 Å². The van der Waals surface area contributed by atoms with Crippen molar-refractivity contribution in [2.75, 3.05) is 30.4 Å². The highest BCUT2D eigenvalue weighted by molar-refractivity contribution is 6.06. The molecule has 1 atom stereocenters. The zero-order valence-corrected chi connectivity index (χ0v) is 16.9. The molecule has 0 amide bonds. The van der Waals surface area contributed by atoms with Crippen molar-refractivity contribution in [2.24, 2.45) is 11.5 Å². The molecule has 2 heterocycles. The number of pyridine rings is 1. The number of anilines is 2. The Morgan fingerprint density at radius 2 is 1.83 bits per heavy atom. The lowest BCUT2D eigenvalue weighted by Crippen LogP contribution is -2.27. The minimum absolute atomic E-state index is 0.0314. The van der Waals surface area contributed by atoms with Crippen LogP contribution in [0.1, 0.15) is 12.0 Å². The summed E-state index contributed by atoms with van der Waals surface area (Å²) in [5, 5.41) is 11.2. The molecule has 1 aliphatic heterocycles. The molecule has 0 radical (unpaired) electrons. The van der Waals surface area contributed by atoms with Gasteiger partial charge in [-0.05, 0) is 47.9 Å². The van der Waals surface area contributed by atoms with Crippen LogP contribution in [0, 0.1) is 5.41 Å². The van der Waals surface area contributed by atoms with Gasteiger partial charge >= 0.3 is 0 Å². The fourth-order valence-corrected chi connectivity index (χ4v) is 3.70. The smallest absolute Gasteiger partial charge is 0.139 e. The molecule has 1 aliphatic rings. The minimum atomic E-state index is -0.0314. The summed E-state index contributed by atoms with van der Waals surface area (Å²) in [7, 11) is 1.79. The second kappa shape index (κ2) is 8.42. The number of para-hydroxylation sites is 1. The summed E-state index contributed by atoms with van der Waals surface area (Å²) in [4.78, 5) is 6.87. The maximum atomic E-state index is 8.11. The summed E-state index contributed by atoms with van der Waals surface area (Å²) in [6, 6.07) is 19.6. The predicted octanol–water partition coefficient (Wildman–Crippen LogP) is 3.40. The lowest BCUT2D eigenvalue weighted by molar-refractivity contribution is 0.483. The molecule has 4 rings (SSSR count). The Labute approximate surface area is 176 Å². The van der Waals surface area contributed by atoms with Crippen LogP contribution in [0.15, 0.2) is 60.7 Å². The van der Waals surface area contributed by atoms with Gasteiger partial charge in [-0.2, -0.15) is 0 Å². The van der Waals surface area contributed by atoms with E-state index in [4.69, 9.17) is 26.6 Å². The number of ether oxygens (including phenoxy) is 1. The van der Waals surface area contributed by atoms with Gasteiger partial charge in [-0.1, -0.05) is 30.3 Å². The molecule has 2 aromatic carbocycles. The maximum Gasteiger partial charge on any atom is 0.139 e. The molecule has 7 nitrogen and oxygen atoms in total. The molecular formula is C23H26N6O. The first-order valence-electron chi connectivity index (χ1n) is 9.96. The molecule has 6 N–H and O–H groups in total. The average molecular weight is 403 g/mol. The molecule has 30 heavy (non-hydrogen) atoms. The molecule has 0 spiro atoms. The number of hydrogen-bond acceptors (Lipinski definition) is 6. The van der Waals surface area contributed by atoms with Crippen molar-refractivity contribution in [3.63, 3.8) is 0 Å². The van der Waals surface area contributed by atoms with E-state index in [9.17, 15) is 0 Å². The van der Waals surface area contributed by atoms with E-state index in [0.29, 0.717) is 11.4 Å². The molecule has 0 aliphatic carbocycles. The zero-order chi connectivity index (χ0) is 21.1. The minimum Gasteiger partial charge on any atom is -0.457 e. The van der Waals surface area contributed by atoms with E-state index in [0.717, 1.165) is 48.0 Å². The van der Waals surface area contributed by atoms with Crippen molar-refractivity contribution in [1.29, 1.82) is 5.41 Å². The zero-order valence-electron chi connectivity index (χ0n) is 16.9. The van der Waals surface area contributed by atoms with E-state index in [1.54, 1.807) is 7.05 Å². The van der Waals surface area contributed by atoms with Crippen LogP contribution in [-0.2, 0) is 0 Å². The van der Waals surface area contributed by atoms with Crippen LogP contribution in [0.4, 0.5) is 11.6 Å². The molecule has 3 aromatic rings. The van der Waals surface area contributed by atoms with Crippen molar-refractivity contribution < 1.29 is 4.74 Å². The number of nitrogens with zero attached hydrogens (tertiary/aromatic N) is 2. The van der Waals surface area contributed by atoms with Gasteiger partial charge in [0.2, 0.25) is 0 Å². The highest BCUT2D eigenvalue weighted by Crippen LogP contribution is 2.34. The van der Waals surface area contributed by atoms with Crippen molar-refractivity contribution in [2.45, 2.75) is 12.5 Å². The summed E-state index contributed by atoms with van der Waals surface area (Å²) in [5.74, 6) is 2.90. The third-order valence-electron chi connectivity index (χ3n) is 5.20. The van der Waals surface area contributed by atoms with Crippen LogP contribution in [-0.4, -0.2) is 37.0 Å². The molecule has 1 unspecified atom stereocenters. The number of hydrogen-bond donors (Lipinski definition) is 4. The summed E-state index contributed by atoms with van der Waals surface area (Å²) < 4.78 is 5.89. The van der Waals surface area contributed by atoms with Gasteiger partial charge in [0.25, 0.3) is 0 Å². The Bertz CT molecular complexity index is 1040. The summed E-state index contributed by atoms with van der Waals surface area (Å²) >= 11 is 0. The highest BCUT2D eigenvalue weighted by Gasteiger charge is 2.24. The van der Waals surface area contributed by atoms with Crippen LogP contribution in [0.3, 0.4) is 0 Å². The van der Waals surface area contributed by atoms with Gasteiger partial charge in [-0.15, -0.1) is 0 Å². The summed E-state index contributed by atoms with van der Waals surface area (Å²) in [6.45, 7) is 1.62. The number of amidine groups is 1. The molecule has 7 heteroatoms. The number of aromatic nitrogens is 1. The van der Waals surface area contributed by atoms with Crippen molar-refractivity contribution >= 4 is 17.5 Å². The fourth-order valence-electron chi connectivity index (χ4n) is 3.70. The number of nitrogens with two attached hydrogens (primary N) is 2. The first-order chi connectivity index (χ1) is 14.5. The van der Waals surface area contributed by atoms with Gasteiger partial charge in [-0.25, -0.2) is 4.98 Å². The van der Waals surface area contributed by atoms with E-state index in [1.807, 2.05) is 60.7 Å². The van der Waals surface area contributed by atoms with Gasteiger partial charge in [0.05, 0.1) is 5.56 Å². The molecule has 1 fully saturated rings. The van der Waals surface area contributed by atoms with Gasteiger partial charge < -0.3 is 26.4 Å².